The van der Waals surface area contributed by atoms with Crippen LogP contribution in [-0.4, -0.2) is 30.6 Å². The Morgan fingerprint density at radius 3 is 2.60 bits per heavy atom. The molecule has 1 aliphatic heterocycles. The van der Waals surface area contributed by atoms with E-state index in [1.165, 1.54) is 32.2 Å². The largest absolute Gasteiger partial charge is 0.317 e. The molecular formula is C16H22BrFN2. The molecule has 0 aromatic heterocycles. The molecule has 1 aliphatic carbocycles. The van der Waals surface area contributed by atoms with Crippen LogP contribution >= 0.6 is 15.9 Å². The third-order valence-electron chi connectivity index (χ3n) is 4.38. The van der Waals surface area contributed by atoms with Crippen molar-refractivity contribution in [1.82, 2.24) is 10.2 Å². The van der Waals surface area contributed by atoms with Crippen LogP contribution in [-0.2, 0) is 6.54 Å². The molecule has 0 amide bonds. The lowest BCUT2D eigenvalue weighted by Gasteiger charge is -2.30. The summed E-state index contributed by atoms with van der Waals surface area (Å²) in [5.41, 5.74) is 1.09. The summed E-state index contributed by atoms with van der Waals surface area (Å²) in [5, 5.41) is 3.42. The Balaban J connectivity index is 1.62. The lowest BCUT2D eigenvalue weighted by molar-refractivity contribution is 0.190. The normalized spacial score (nSPS) is 20.6. The monoisotopic (exact) mass is 340 g/mol. The first-order valence-corrected chi connectivity index (χ1v) is 8.40. The molecule has 20 heavy (non-hydrogen) atoms. The summed E-state index contributed by atoms with van der Waals surface area (Å²) < 4.78 is 14.2. The maximum Gasteiger partial charge on any atom is 0.137 e. The van der Waals surface area contributed by atoms with Gasteiger partial charge in [0.25, 0.3) is 0 Å². The van der Waals surface area contributed by atoms with E-state index in [4.69, 9.17) is 0 Å². The van der Waals surface area contributed by atoms with Gasteiger partial charge in [-0.05, 0) is 78.3 Å². The highest BCUT2D eigenvalue weighted by Crippen LogP contribution is 2.30. The van der Waals surface area contributed by atoms with E-state index in [0.717, 1.165) is 37.2 Å². The first kappa shape index (κ1) is 14.5. The topological polar surface area (TPSA) is 15.3 Å². The molecule has 0 unspecified atom stereocenters. The predicted octanol–water partition coefficient (Wildman–Crippen LogP) is 3.55. The Hall–Kier alpha value is -0.450. The van der Waals surface area contributed by atoms with Gasteiger partial charge in [-0.2, -0.15) is 0 Å². The van der Waals surface area contributed by atoms with Crippen molar-refractivity contribution in [2.45, 2.75) is 38.3 Å². The van der Waals surface area contributed by atoms with Crippen molar-refractivity contribution in [2.24, 2.45) is 5.92 Å². The van der Waals surface area contributed by atoms with Gasteiger partial charge in [0.1, 0.15) is 5.82 Å². The van der Waals surface area contributed by atoms with Crippen LogP contribution in [0.4, 0.5) is 4.39 Å². The van der Waals surface area contributed by atoms with Gasteiger partial charge in [0.2, 0.25) is 0 Å². The SMILES string of the molecule is Fc1cc(CN(CC2CCNCC2)C2CC2)ccc1Br. The smallest absolute Gasteiger partial charge is 0.137 e. The van der Waals surface area contributed by atoms with E-state index in [0.29, 0.717) is 4.47 Å². The first-order valence-electron chi connectivity index (χ1n) is 7.61. The zero-order valence-electron chi connectivity index (χ0n) is 11.7. The number of nitrogens with zero attached hydrogens (tertiary/aromatic N) is 1. The third kappa shape index (κ3) is 3.80. The maximum absolute atomic E-state index is 13.6. The molecule has 1 aromatic carbocycles. The van der Waals surface area contributed by atoms with E-state index in [2.05, 4.69) is 26.1 Å². The second kappa shape index (κ2) is 6.54. The van der Waals surface area contributed by atoms with Crippen molar-refractivity contribution in [3.63, 3.8) is 0 Å². The Labute approximate surface area is 128 Å². The summed E-state index contributed by atoms with van der Waals surface area (Å²) in [6.07, 6.45) is 5.17. The molecule has 1 saturated heterocycles. The van der Waals surface area contributed by atoms with Crippen LogP contribution in [0.5, 0.6) is 0 Å². The average molecular weight is 341 g/mol. The number of benzene rings is 1. The van der Waals surface area contributed by atoms with Gasteiger partial charge in [0.15, 0.2) is 0 Å². The molecule has 0 bridgehead atoms. The number of hydrogen-bond acceptors (Lipinski definition) is 2. The average Bonchev–Trinajstić information content (AvgIpc) is 3.28. The number of hydrogen-bond donors (Lipinski definition) is 1. The van der Waals surface area contributed by atoms with E-state index in [-0.39, 0.29) is 5.82 Å². The Kier molecular flexibility index (Phi) is 4.74. The summed E-state index contributed by atoms with van der Waals surface area (Å²) >= 11 is 3.22. The Morgan fingerprint density at radius 2 is 1.95 bits per heavy atom. The molecule has 2 nitrogen and oxygen atoms in total. The van der Waals surface area contributed by atoms with Gasteiger partial charge in [-0.25, -0.2) is 4.39 Å². The highest BCUT2D eigenvalue weighted by molar-refractivity contribution is 9.10. The lowest BCUT2D eigenvalue weighted by Crippen LogP contribution is -2.37. The van der Waals surface area contributed by atoms with Crippen molar-refractivity contribution >= 4 is 15.9 Å². The zero-order valence-corrected chi connectivity index (χ0v) is 13.3. The van der Waals surface area contributed by atoms with Gasteiger partial charge in [-0.15, -0.1) is 0 Å². The van der Waals surface area contributed by atoms with Crippen LogP contribution in [0, 0.1) is 11.7 Å². The first-order chi connectivity index (χ1) is 9.72. The molecule has 1 heterocycles. The van der Waals surface area contributed by atoms with Crippen LogP contribution in [0.2, 0.25) is 0 Å². The van der Waals surface area contributed by atoms with Gasteiger partial charge in [-0.3, -0.25) is 4.90 Å². The summed E-state index contributed by atoms with van der Waals surface area (Å²) in [6, 6.07) is 6.25. The van der Waals surface area contributed by atoms with Crippen LogP contribution in [0.3, 0.4) is 0 Å². The van der Waals surface area contributed by atoms with Crippen LogP contribution in [0.25, 0.3) is 0 Å². The maximum atomic E-state index is 13.6. The second-order valence-corrected chi connectivity index (χ2v) is 6.96. The molecule has 4 heteroatoms. The molecule has 1 aromatic rings. The van der Waals surface area contributed by atoms with Gasteiger partial charge in [0, 0.05) is 19.1 Å². The molecule has 2 aliphatic rings. The standard InChI is InChI=1S/C16H22BrFN2/c17-15-4-1-13(9-16(15)18)11-20(14-2-3-14)10-12-5-7-19-8-6-12/h1,4,9,12,14,19H,2-3,5-8,10-11H2. The third-order valence-corrected chi connectivity index (χ3v) is 5.03. The number of halogens is 2. The zero-order chi connectivity index (χ0) is 13.9. The highest BCUT2D eigenvalue weighted by Gasteiger charge is 2.30. The fraction of sp³-hybridized carbons (Fsp3) is 0.625. The minimum atomic E-state index is -0.153. The fourth-order valence-electron chi connectivity index (χ4n) is 3.05. The molecule has 110 valence electrons. The second-order valence-electron chi connectivity index (χ2n) is 6.10. The summed E-state index contributed by atoms with van der Waals surface area (Å²) in [5.74, 6) is 0.650. The Morgan fingerprint density at radius 1 is 1.20 bits per heavy atom. The van der Waals surface area contributed by atoms with Crippen LogP contribution < -0.4 is 5.32 Å². The van der Waals surface area contributed by atoms with Gasteiger partial charge >= 0.3 is 0 Å². The summed E-state index contributed by atoms with van der Waals surface area (Å²) in [7, 11) is 0. The summed E-state index contributed by atoms with van der Waals surface area (Å²) in [4.78, 5) is 2.57. The number of rotatable bonds is 5. The number of piperidine rings is 1. The van der Waals surface area contributed by atoms with E-state index in [1.807, 2.05) is 12.1 Å². The van der Waals surface area contributed by atoms with Crippen molar-refractivity contribution in [1.29, 1.82) is 0 Å². The molecule has 0 atom stereocenters. The minimum Gasteiger partial charge on any atom is -0.317 e. The molecule has 1 N–H and O–H groups in total. The molecule has 0 spiro atoms. The van der Waals surface area contributed by atoms with E-state index < -0.39 is 0 Å². The van der Waals surface area contributed by atoms with E-state index in [9.17, 15) is 4.39 Å². The quantitative estimate of drug-likeness (QED) is 0.881. The van der Waals surface area contributed by atoms with Gasteiger partial charge in [-0.1, -0.05) is 6.07 Å². The highest BCUT2D eigenvalue weighted by atomic mass is 79.9. The van der Waals surface area contributed by atoms with Crippen LogP contribution in [0.15, 0.2) is 22.7 Å². The fourth-order valence-corrected chi connectivity index (χ4v) is 3.30. The molecular weight excluding hydrogens is 319 g/mol. The minimum absolute atomic E-state index is 0.153. The lowest BCUT2D eigenvalue weighted by atomic mass is 9.97. The Bertz CT molecular complexity index is 456. The van der Waals surface area contributed by atoms with E-state index in [1.54, 1.807) is 6.07 Å². The molecule has 2 fully saturated rings. The van der Waals surface area contributed by atoms with Gasteiger partial charge < -0.3 is 5.32 Å². The van der Waals surface area contributed by atoms with Crippen molar-refractivity contribution in [3.05, 3.63) is 34.1 Å². The molecule has 3 rings (SSSR count). The van der Waals surface area contributed by atoms with Gasteiger partial charge in [0.05, 0.1) is 4.47 Å². The van der Waals surface area contributed by atoms with E-state index >= 15 is 0 Å². The molecule has 0 radical (unpaired) electrons. The van der Waals surface area contributed by atoms with Crippen molar-refractivity contribution in [2.75, 3.05) is 19.6 Å². The van der Waals surface area contributed by atoms with Crippen molar-refractivity contribution in [3.8, 4) is 0 Å². The summed E-state index contributed by atoms with van der Waals surface area (Å²) in [6.45, 7) is 4.36. The predicted molar refractivity (Wildman–Crippen MR) is 83.1 cm³/mol. The number of nitrogens with one attached hydrogen (secondary N) is 1. The molecule has 1 saturated carbocycles. The van der Waals surface area contributed by atoms with Crippen molar-refractivity contribution < 1.29 is 4.39 Å². The van der Waals surface area contributed by atoms with Crippen LogP contribution in [0.1, 0.15) is 31.2 Å².